The third kappa shape index (κ3) is 4.13. The molecule has 3 rings (SSSR count). The van der Waals surface area contributed by atoms with Gasteiger partial charge in [0, 0.05) is 13.1 Å². The number of nitrogens with zero attached hydrogens (tertiary/aromatic N) is 4. The summed E-state index contributed by atoms with van der Waals surface area (Å²) in [5.74, 6) is 0.758. The van der Waals surface area contributed by atoms with Crippen molar-refractivity contribution in [1.82, 2.24) is 25.2 Å². The van der Waals surface area contributed by atoms with Gasteiger partial charge in [-0.1, -0.05) is 23.4 Å². The molecule has 1 aliphatic heterocycles. The topological polar surface area (TPSA) is 72.3 Å². The van der Waals surface area contributed by atoms with Crippen LogP contribution in [0.3, 0.4) is 0 Å². The molecular formula is C20H29N5O2. The van der Waals surface area contributed by atoms with Crippen molar-refractivity contribution in [3.05, 3.63) is 41.2 Å². The van der Waals surface area contributed by atoms with Crippen molar-refractivity contribution in [3.8, 4) is 5.75 Å². The molecule has 0 spiro atoms. The predicted molar refractivity (Wildman–Crippen MR) is 104 cm³/mol. The van der Waals surface area contributed by atoms with E-state index in [1.165, 1.54) is 0 Å². The van der Waals surface area contributed by atoms with Crippen LogP contribution in [0, 0.1) is 6.92 Å². The average molecular weight is 371 g/mol. The number of carbonyl (C=O) groups is 1. The zero-order valence-electron chi connectivity index (χ0n) is 16.6. The second kappa shape index (κ2) is 8.52. The number of methoxy groups -OCH3 is 1. The highest BCUT2D eigenvalue weighted by molar-refractivity contribution is 5.93. The third-order valence-corrected chi connectivity index (χ3v) is 5.47. The second-order valence-corrected chi connectivity index (χ2v) is 7.23. The Kier molecular flexibility index (Phi) is 6.11. The number of nitrogens with one attached hydrogen (secondary N) is 1. The summed E-state index contributed by atoms with van der Waals surface area (Å²) in [5.41, 5.74) is 2.38. The summed E-state index contributed by atoms with van der Waals surface area (Å²) in [6, 6.07) is 8.24. The minimum absolute atomic E-state index is 0.0113. The summed E-state index contributed by atoms with van der Waals surface area (Å²) in [6.45, 7) is 5.93. The number of piperidine rings is 1. The Morgan fingerprint density at radius 2 is 2.07 bits per heavy atom. The van der Waals surface area contributed by atoms with Crippen LogP contribution in [-0.2, 0) is 6.42 Å². The molecule has 0 saturated carbocycles. The molecule has 1 aliphatic rings. The van der Waals surface area contributed by atoms with Crippen LogP contribution < -0.4 is 10.1 Å². The maximum absolute atomic E-state index is 13.0. The second-order valence-electron chi connectivity index (χ2n) is 7.23. The number of ether oxygens (including phenoxy) is 1. The van der Waals surface area contributed by atoms with Gasteiger partial charge in [0.1, 0.15) is 5.75 Å². The van der Waals surface area contributed by atoms with Crippen molar-refractivity contribution in [1.29, 1.82) is 0 Å². The van der Waals surface area contributed by atoms with Gasteiger partial charge in [0.05, 0.1) is 18.8 Å². The van der Waals surface area contributed by atoms with Crippen molar-refractivity contribution in [2.75, 3.05) is 27.2 Å². The number of hydrogen-bond acceptors (Lipinski definition) is 5. The van der Waals surface area contributed by atoms with E-state index in [0.29, 0.717) is 18.2 Å². The summed E-state index contributed by atoms with van der Waals surface area (Å²) in [6.07, 6.45) is 2.74. The van der Waals surface area contributed by atoms with Crippen molar-refractivity contribution in [2.45, 2.75) is 45.2 Å². The van der Waals surface area contributed by atoms with Crippen molar-refractivity contribution >= 4 is 5.91 Å². The Labute approximate surface area is 160 Å². The van der Waals surface area contributed by atoms with Gasteiger partial charge in [-0.2, -0.15) is 0 Å². The summed E-state index contributed by atoms with van der Waals surface area (Å²) < 4.78 is 7.35. The zero-order valence-corrected chi connectivity index (χ0v) is 16.6. The lowest BCUT2D eigenvalue weighted by atomic mass is 10.0. The standard InChI is InChI=1S/C20H29N5O2/c1-14(13-16-7-5-6-8-18(16)27-4)24(3)20(26)19-15(2)25(23-22-19)17-9-11-21-12-10-17/h5-8,14,17,21H,9-13H2,1-4H3/t14-/m0/s1. The van der Waals surface area contributed by atoms with Crippen molar-refractivity contribution in [2.24, 2.45) is 0 Å². The van der Waals surface area contributed by atoms with Gasteiger partial charge < -0.3 is 15.0 Å². The maximum atomic E-state index is 13.0. The van der Waals surface area contributed by atoms with Gasteiger partial charge in [0.25, 0.3) is 5.91 Å². The number of rotatable bonds is 6. The molecule has 1 aromatic carbocycles. The fraction of sp³-hybridized carbons (Fsp3) is 0.550. The molecule has 1 fully saturated rings. The first-order chi connectivity index (χ1) is 13.0. The molecule has 7 heteroatoms. The number of hydrogen-bond donors (Lipinski definition) is 1. The number of aromatic nitrogens is 3. The quantitative estimate of drug-likeness (QED) is 0.843. The molecule has 0 aliphatic carbocycles. The Morgan fingerprint density at radius 1 is 1.37 bits per heavy atom. The van der Waals surface area contributed by atoms with Crippen LogP contribution >= 0.6 is 0 Å². The number of benzene rings is 1. The highest BCUT2D eigenvalue weighted by atomic mass is 16.5. The first-order valence-corrected chi connectivity index (χ1v) is 9.54. The highest BCUT2D eigenvalue weighted by Gasteiger charge is 2.26. The molecule has 1 N–H and O–H groups in total. The van der Waals surface area contributed by atoms with Gasteiger partial charge in [-0.05, 0) is 57.8 Å². The lowest BCUT2D eigenvalue weighted by molar-refractivity contribution is 0.0736. The van der Waals surface area contributed by atoms with E-state index in [1.54, 1.807) is 12.0 Å². The van der Waals surface area contributed by atoms with Crippen molar-refractivity contribution in [3.63, 3.8) is 0 Å². The Balaban J connectivity index is 1.72. The first-order valence-electron chi connectivity index (χ1n) is 9.54. The molecule has 1 amide bonds. The summed E-state index contributed by atoms with van der Waals surface area (Å²) in [4.78, 5) is 14.8. The fourth-order valence-corrected chi connectivity index (χ4v) is 3.63. The van der Waals surface area contributed by atoms with Crippen LogP contribution in [-0.4, -0.2) is 59.1 Å². The summed E-state index contributed by atoms with van der Waals surface area (Å²) >= 11 is 0. The van der Waals surface area contributed by atoms with Crippen molar-refractivity contribution < 1.29 is 9.53 Å². The van der Waals surface area contributed by atoms with Crippen LogP contribution in [0.25, 0.3) is 0 Å². The van der Waals surface area contributed by atoms with E-state index in [-0.39, 0.29) is 11.9 Å². The SMILES string of the molecule is COc1ccccc1C[C@H](C)N(C)C(=O)c1nnn(C2CCNCC2)c1C. The molecule has 1 atom stereocenters. The molecule has 0 unspecified atom stereocenters. The van der Waals surface area contributed by atoms with Gasteiger partial charge in [-0.3, -0.25) is 4.79 Å². The first kappa shape index (κ1) is 19.4. The molecule has 0 bridgehead atoms. The van der Waals surface area contributed by atoms with E-state index >= 15 is 0 Å². The lowest BCUT2D eigenvalue weighted by Gasteiger charge is -2.26. The molecule has 146 valence electrons. The number of likely N-dealkylation sites (N-methyl/N-ethyl adjacent to an activating group) is 1. The molecule has 0 radical (unpaired) electrons. The normalized spacial score (nSPS) is 16.1. The number of para-hydroxylation sites is 1. The van der Waals surface area contributed by atoms with E-state index in [2.05, 4.69) is 15.6 Å². The molecule has 1 aromatic heterocycles. The van der Waals surface area contributed by atoms with Crippen LogP contribution in [0.4, 0.5) is 0 Å². The smallest absolute Gasteiger partial charge is 0.276 e. The van der Waals surface area contributed by atoms with Gasteiger partial charge in [-0.15, -0.1) is 5.10 Å². The van der Waals surface area contributed by atoms with Gasteiger partial charge in [0.2, 0.25) is 0 Å². The minimum atomic E-state index is -0.0879. The predicted octanol–water partition coefficient (Wildman–Crippen LogP) is 2.22. The van der Waals surface area contributed by atoms with Gasteiger partial charge in [0.15, 0.2) is 5.69 Å². The number of carbonyl (C=O) groups excluding carboxylic acids is 1. The largest absolute Gasteiger partial charge is 0.496 e. The van der Waals surface area contributed by atoms with E-state index < -0.39 is 0 Å². The maximum Gasteiger partial charge on any atom is 0.276 e. The van der Waals surface area contributed by atoms with E-state index in [1.807, 2.05) is 49.8 Å². The number of amides is 1. The third-order valence-electron chi connectivity index (χ3n) is 5.47. The highest BCUT2D eigenvalue weighted by Crippen LogP contribution is 2.23. The van der Waals surface area contributed by atoms with Gasteiger partial charge in [-0.25, -0.2) is 4.68 Å². The average Bonchev–Trinajstić information content (AvgIpc) is 3.09. The summed E-state index contributed by atoms with van der Waals surface area (Å²) in [7, 11) is 3.49. The Bertz CT molecular complexity index is 782. The van der Waals surface area contributed by atoms with E-state index in [9.17, 15) is 4.79 Å². The Hall–Kier alpha value is -2.41. The molecular weight excluding hydrogens is 342 g/mol. The van der Waals surface area contributed by atoms with Gasteiger partial charge >= 0.3 is 0 Å². The zero-order chi connectivity index (χ0) is 19.4. The van der Waals surface area contributed by atoms with E-state index in [0.717, 1.165) is 42.9 Å². The van der Waals surface area contributed by atoms with Crippen LogP contribution in [0.2, 0.25) is 0 Å². The summed E-state index contributed by atoms with van der Waals surface area (Å²) in [5, 5.41) is 11.8. The fourth-order valence-electron chi connectivity index (χ4n) is 3.63. The molecule has 2 aromatic rings. The molecule has 1 saturated heterocycles. The monoisotopic (exact) mass is 371 g/mol. The Morgan fingerprint density at radius 3 is 2.78 bits per heavy atom. The minimum Gasteiger partial charge on any atom is -0.496 e. The molecule has 27 heavy (non-hydrogen) atoms. The van der Waals surface area contributed by atoms with Crippen LogP contribution in [0.15, 0.2) is 24.3 Å². The lowest BCUT2D eigenvalue weighted by Crippen LogP contribution is -2.37. The van der Waals surface area contributed by atoms with E-state index in [4.69, 9.17) is 4.74 Å². The van der Waals surface area contributed by atoms with Crippen LogP contribution in [0.5, 0.6) is 5.75 Å². The van der Waals surface area contributed by atoms with Crippen LogP contribution in [0.1, 0.15) is 47.6 Å². The molecule has 7 nitrogen and oxygen atoms in total. The molecule has 2 heterocycles.